The highest BCUT2D eigenvalue weighted by Gasteiger charge is 2.78. The molecule has 94 valence electrons. The Bertz CT molecular complexity index is 371. The summed E-state index contributed by atoms with van der Waals surface area (Å²) in [7, 11) is -9.53. The molecule has 2 saturated heterocycles. The maximum Gasteiger partial charge on any atom is 0.290 e. The molecule has 5 atom stereocenters. The molecule has 2 aliphatic rings. The third-order valence-electron chi connectivity index (χ3n) is 3.30. The van der Waals surface area contributed by atoms with Gasteiger partial charge < -0.3 is 4.74 Å². The maximum atomic E-state index is 12.7. The predicted octanol–water partition coefficient (Wildman–Crippen LogP) is 3.60. The summed E-state index contributed by atoms with van der Waals surface area (Å²) in [5.41, 5.74) is 0. The van der Waals surface area contributed by atoms with Gasteiger partial charge in [0, 0.05) is 5.92 Å². The molecule has 2 rings (SSSR count). The first-order valence-corrected chi connectivity index (χ1v) is 6.73. The Labute approximate surface area is 89.1 Å². The first-order valence-electron chi connectivity index (χ1n) is 4.72. The molecule has 0 spiro atoms. The Morgan fingerprint density at radius 1 is 1.25 bits per heavy atom. The summed E-state index contributed by atoms with van der Waals surface area (Å²) < 4.78 is 68.3. The van der Waals surface area contributed by atoms with Crippen molar-refractivity contribution in [2.24, 2.45) is 11.8 Å². The van der Waals surface area contributed by atoms with E-state index in [1.807, 2.05) is 0 Å². The van der Waals surface area contributed by atoms with E-state index >= 15 is 0 Å². The molecule has 2 bridgehead atoms. The lowest BCUT2D eigenvalue weighted by molar-refractivity contribution is 0.0862. The molecule has 0 saturated carbocycles. The quantitative estimate of drug-likeness (QED) is 0.677. The number of nitriles is 1. The Morgan fingerprint density at radius 2 is 1.81 bits per heavy atom. The van der Waals surface area contributed by atoms with Crippen LogP contribution in [0.4, 0.5) is 19.4 Å². The van der Waals surface area contributed by atoms with Crippen LogP contribution >= 0.6 is 10.2 Å². The number of halogens is 5. The predicted molar refractivity (Wildman–Crippen MR) is 48.5 cm³/mol. The van der Waals surface area contributed by atoms with Crippen LogP contribution in [0.25, 0.3) is 0 Å². The normalized spacial score (nSPS) is 47.2. The summed E-state index contributed by atoms with van der Waals surface area (Å²) in [6.45, 7) is 1.08. The third kappa shape index (κ3) is 1.66. The van der Waals surface area contributed by atoms with Crippen LogP contribution in [0.5, 0.6) is 0 Å². The van der Waals surface area contributed by atoms with Crippen LogP contribution in [0.1, 0.15) is 13.3 Å². The van der Waals surface area contributed by atoms with Gasteiger partial charge in [0.05, 0.1) is 24.2 Å². The fourth-order valence-corrected chi connectivity index (χ4v) is 4.50. The first-order chi connectivity index (χ1) is 6.94. The van der Waals surface area contributed by atoms with Crippen LogP contribution < -0.4 is 0 Å². The van der Waals surface area contributed by atoms with Gasteiger partial charge >= 0.3 is 0 Å². The van der Waals surface area contributed by atoms with Crippen LogP contribution in [-0.2, 0) is 4.74 Å². The van der Waals surface area contributed by atoms with Crippen LogP contribution in [0.2, 0.25) is 0 Å². The number of ether oxygens (including phenoxy) is 1. The molecule has 0 aromatic rings. The van der Waals surface area contributed by atoms with E-state index in [4.69, 9.17) is 10.00 Å². The van der Waals surface area contributed by atoms with E-state index in [0.29, 0.717) is 0 Å². The highest BCUT2D eigenvalue weighted by molar-refractivity contribution is 8.46. The zero-order valence-corrected chi connectivity index (χ0v) is 9.06. The van der Waals surface area contributed by atoms with Gasteiger partial charge in [-0.05, 0) is 6.42 Å². The fourth-order valence-electron chi connectivity index (χ4n) is 2.78. The van der Waals surface area contributed by atoms with Crippen LogP contribution in [0.3, 0.4) is 0 Å². The monoisotopic (exact) mass is 263 g/mol. The average Bonchev–Trinajstić information content (AvgIpc) is 2.55. The largest absolute Gasteiger partial charge is 0.372 e. The molecule has 5 unspecified atom stereocenters. The van der Waals surface area contributed by atoms with E-state index in [2.05, 4.69) is 0 Å². The smallest absolute Gasteiger partial charge is 0.290 e. The lowest BCUT2D eigenvalue weighted by Gasteiger charge is -2.49. The SMILES string of the molecule is CC1C2OC(CC2C#N)C1S(F)(F)(F)(F)F. The zero-order chi connectivity index (χ0) is 12.4. The molecule has 2 heterocycles. The van der Waals surface area contributed by atoms with Gasteiger partial charge in [0.15, 0.2) is 0 Å². The summed E-state index contributed by atoms with van der Waals surface area (Å²) in [6, 6.07) is 1.80. The second kappa shape index (κ2) is 2.48. The van der Waals surface area contributed by atoms with Crippen molar-refractivity contribution in [3.05, 3.63) is 0 Å². The van der Waals surface area contributed by atoms with E-state index in [1.165, 1.54) is 0 Å². The van der Waals surface area contributed by atoms with Crippen LogP contribution in [0, 0.1) is 23.2 Å². The molecule has 16 heavy (non-hydrogen) atoms. The average molecular weight is 263 g/mol. The lowest BCUT2D eigenvalue weighted by atomic mass is 9.83. The van der Waals surface area contributed by atoms with Gasteiger partial charge in [0.2, 0.25) is 0 Å². The minimum Gasteiger partial charge on any atom is -0.372 e. The Morgan fingerprint density at radius 3 is 2.19 bits per heavy atom. The van der Waals surface area contributed by atoms with E-state index in [-0.39, 0.29) is 6.42 Å². The summed E-state index contributed by atoms with van der Waals surface area (Å²) >= 11 is 0. The van der Waals surface area contributed by atoms with Gasteiger partial charge in [-0.2, -0.15) is 5.26 Å². The van der Waals surface area contributed by atoms with Crippen molar-refractivity contribution in [1.29, 1.82) is 5.26 Å². The summed E-state index contributed by atoms with van der Waals surface area (Å²) in [5.74, 6) is -2.05. The molecule has 0 aromatic carbocycles. The Balaban J connectivity index is 2.36. The molecule has 0 aromatic heterocycles. The van der Waals surface area contributed by atoms with Crippen LogP contribution in [-0.4, -0.2) is 17.5 Å². The molecule has 0 amide bonds. The van der Waals surface area contributed by atoms with Gasteiger partial charge in [-0.1, -0.05) is 26.4 Å². The summed E-state index contributed by atoms with van der Waals surface area (Å²) in [5, 5.41) is 5.93. The molecular formula is C8H10F5NOS. The number of hydrogen-bond acceptors (Lipinski definition) is 2. The van der Waals surface area contributed by atoms with E-state index in [9.17, 15) is 19.4 Å². The zero-order valence-electron chi connectivity index (χ0n) is 8.25. The molecule has 0 aliphatic carbocycles. The Hall–Kier alpha value is -0.550. The molecule has 2 nitrogen and oxygen atoms in total. The van der Waals surface area contributed by atoms with Crippen molar-refractivity contribution in [1.82, 2.24) is 0 Å². The highest BCUT2D eigenvalue weighted by atomic mass is 32.5. The summed E-state index contributed by atoms with van der Waals surface area (Å²) in [4.78, 5) is 0. The number of nitrogens with zero attached hydrogens (tertiary/aromatic N) is 1. The minimum absolute atomic E-state index is 0.248. The molecule has 2 aliphatic heterocycles. The number of rotatable bonds is 1. The fraction of sp³-hybridized carbons (Fsp3) is 0.875. The second-order valence-electron chi connectivity index (χ2n) is 4.46. The van der Waals surface area contributed by atoms with Gasteiger partial charge in [0.25, 0.3) is 10.2 Å². The summed E-state index contributed by atoms with van der Waals surface area (Å²) in [6.07, 6.45) is -2.81. The van der Waals surface area contributed by atoms with Gasteiger partial charge in [-0.3, -0.25) is 0 Å². The molecular weight excluding hydrogens is 253 g/mol. The maximum absolute atomic E-state index is 12.7. The first kappa shape index (κ1) is 11.9. The van der Waals surface area contributed by atoms with E-state index < -0.39 is 39.5 Å². The van der Waals surface area contributed by atoms with Crippen molar-refractivity contribution in [3.63, 3.8) is 0 Å². The Kier molecular flexibility index (Phi) is 1.85. The van der Waals surface area contributed by atoms with Crippen molar-refractivity contribution in [2.45, 2.75) is 30.8 Å². The minimum atomic E-state index is -9.53. The molecule has 8 heteroatoms. The number of fused-ring (bicyclic) bond motifs is 2. The second-order valence-corrected chi connectivity index (χ2v) is 7.06. The highest BCUT2D eigenvalue weighted by Crippen LogP contribution is 3.02. The van der Waals surface area contributed by atoms with Crippen LogP contribution in [0.15, 0.2) is 0 Å². The lowest BCUT2D eigenvalue weighted by Crippen LogP contribution is -2.42. The van der Waals surface area contributed by atoms with E-state index in [0.717, 1.165) is 6.92 Å². The molecule has 0 radical (unpaired) electrons. The molecule has 0 N–H and O–H groups in total. The van der Waals surface area contributed by atoms with Crippen molar-refractivity contribution in [3.8, 4) is 6.07 Å². The van der Waals surface area contributed by atoms with E-state index in [1.54, 1.807) is 6.07 Å². The van der Waals surface area contributed by atoms with Gasteiger partial charge in [0.1, 0.15) is 5.25 Å². The van der Waals surface area contributed by atoms with Crippen molar-refractivity contribution >= 4 is 10.2 Å². The standard InChI is InChI=1S/C8H10F5NOS/c1-4-7-5(3-14)2-6(15-7)8(4)16(9,10,11,12)13/h4-8H,2H2,1H3. The topological polar surface area (TPSA) is 33.0 Å². The third-order valence-corrected chi connectivity index (χ3v) is 5.06. The van der Waals surface area contributed by atoms with Crippen molar-refractivity contribution in [2.75, 3.05) is 0 Å². The van der Waals surface area contributed by atoms with Gasteiger partial charge in [-0.25, -0.2) is 0 Å². The molecule has 2 fully saturated rings. The van der Waals surface area contributed by atoms with Gasteiger partial charge in [-0.15, -0.1) is 0 Å². The van der Waals surface area contributed by atoms with Crippen molar-refractivity contribution < 1.29 is 24.2 Å². The number of hydrogen-bond donors (Lipinski definition) is 0.